The van der Waals surface area contributed by atoms with E-state index in [-0.39, 0.29) is 11.5 Å². The molecule has 4 rings (SSSR count). The number of amides is 4. The van der Waals surface area contributed by atoms with E-state index < -0.39 is 23.6 Å². The second kappa shape index (κ2) is 12.2. The van der Waals surface area contributed by atoms with Crippen molar-refractivity contribution in [3.05, 3.63) is 36.4 Å². The number of aromatic amines is 2. The molecule has 2 aromatic carbocycles. The molecule has 4 aromatic rings. The normalized spacial score (nSPS) is 10.7. The fourth-order valence-electron chi connectivity index (χ4n) is 3.03. The largest absolute Gasteiger partial charge is 0.497 e. The van der Waals surface area contributed by atoms with Gasteiger partial charge in [-0.3, -0.25) is 40.9 Å². The van der Waals surface area contributed by atoms with Gasteiger partial charge in [0.05, 0.1) is 47.8 Å². The maximum absolute atomic E-state index is 12.0. The van der Waals surface area contributed by atoms with E-state index in [0.717, 1.165) is 34.6 Å². The second-order valence-corrected chi connectivity index (χ2v) is 9.36. The minimum Gasteiger partial charge on any atom is -0.497 e. The Hall–Kier alpha value is -4.44. The monoisotopic (exact) mass is 558 g/mol. The first-order valence-corrected chi connectivity index (χ1v) is 12.8. The van der Waals surface area contributed by atoms with Crippen LogP contribution in [0, 0.1) is 0 Å². The maximum Gasteiger partial charge on any atom is 0.329 e. The van der Waals surface area contributed by atoms with Gasteiger partial charge in [-0.1, -0.05) is 23.5 Å². The van der Waals surface area contributed by atoms with Gasteiger partial charge in [0, 0.05) is 12.1 Å². The summed E-state index contributed by atoms with van der Waals surface area (Å²) in [6.45, 7) is 0. The molecule has 0 spiro atoms. The molecular formula is C22H22N8O6S2. The predicted octanol–water partition coefficient (Wildman–Crippen LogP) is 0.636. The molecule has 38 heavy (non-hydrogen) atoms. The number of carbonyl (C=O) groups is 4. The molecule has 6 N–H and O–H groups in total. The highest BCUT2D eigenvalue weighted by Gasteiger charge is 2.16. The third-order valence-electron chi connectivity index (χ3n) is 4.85. The van der Waals surface area contributed by atoms with E-state index in [2.05, 4.69) is 30.8 Å². The summed E-state index contributed by atoms with van der Waals surface area (Å²) in [6, 6.07) is 10.7. The zero-order valence-corrected chi connectivity index (χ0v) is 21.7. The lowest BCUT2D eigenvalue weighted by molar-refractivity contribution is -0.142. The first kappa shape index (κ1) is 26.6. The summed E-state index contributed by atoms with van der Waals surface area (Å²) in [4.78, 5) is 62.6. The Morgan fingerprint density at radius 3 is 1.53 bits per heavy atom. The average molecular weight is 559 g/mol. The lowest BCUT2D eigenvalue weighted by Crippen LogP contribution is -2.53. The first-order valence-electron chi connectivity index (χ1n) is 10.9. The topological polar surface area (TPSA) is 192 Å². The van der Waals surface area contributed by atoms with Gasteiger partial charge < -0.3 is 19.4 Å². The van der Waals surface area contributed by atoms with Gasteiger partial charge >= 0.3 is 11.8 Å². The van der Waals surface area contributed by atoms with E-state index in [1.54, 1.807) is 50.6 Å². The van der Waals surface area contributed by atoms with Crippen LogP contribution in [0.25, 0.3) is 22.1 Å². The smallest absolute Gasteiger partial charge is 0.329 e. The Balaban J connectivity index is 1.14. The average Bonchev–Trinajstić information content (AvgIpc) is 3.54. The fraction of sp³-hybridized carbons (Fsp3) is 0.182. The summed E-state index contributed by atoms with van der Waals surface area (Å²) < 4.78 is 10.3. The molecule has 0 aliphatic carbocycles. The van der Waals surface area contributed by atoms with Gasteiger partial charge in [0.15, 0.2) is 10.3 Å². The van der Waals surface area contributed by atoms with Gasteiger partial charge in [0.25, 0.3) is 0 Å². The van der Waals surface area contributed by atoms with Crippen molar-refractivity contribution in [2.75, 3.05) is 25.7 Å². The van der Waals surface area contributed by atoms with Crippen molar-refractivity contribution in [3.63, 3.8) is 0 Å². The lowest BCUT2D eigenvalue weighted by Gasteiger charge is -2.08. The molecule has 198 valence electrons. The van der Waals surface area contributed by atoms with Gasteiger partial charge in [-0.05, 0) is 24.3 Å². The summed E-state index contributed by atoms with van der Waals surface area (Å²) in [7, 11) is 3.11. The molecular weight excluding hydrogens is 536 g/mol. The van der Waals surface area contributed by atoms with Gasteiger partial charge in [-0.25, -0.2) is 9.97 Å². The number of aromatic nitrogens is 4. The fourth-order valence-corrected chi connectivity index (χ4v) is 4.40. The Morgan fingerprint density at radius 1 is 0.711 bits per heavy atom. The summed E-state index contributed by atoms with van der Waals surface area (Å²) in [5.41, 5.74) is 11.1. The number of nitrogens with zero attached hydrogens (tertiary/aromatic N) is 2. The summed E-state index contributed by atoms with van der Waals surface area (Å²) in [5.74, 6) is -2.31. The van der Waals surface area contributed by atoms with Crippen LogP contribution in [0.5, 0.6) is 11.5 Å². The zero-order chi connectivity index (χ0) is 27.1. The van der Waals surface area contributed by atoms with E-state index in [4.69, 9.17) is 9.47 Å². The van der Waals surface area contributed by atoms with E-state index >= 15 is 0 Å². The number of benzene rings is 2. The Morgan fingerprint density at radius 2 is 1.13 bits per heavy atom. The Bertz CT molecular complexity index is 1390. The molecule has 14 nitrogen and oxygen atoms in total. The summed E-state index contributed by atoms with van der Waals surface area (Å²) in [6.07, 6.45) is 0. The standard InChI is InChI=1S/C22H22N8O6S2/c1-35-11-3-5-13-15(7-11)25-21(23-13)37-9-17(31)27-29-19(33)20(34)30-28-18(32)10-38-22-24-14-6-4-12(36-2)8-16(14)26-22/h3-8H,9-10H2,1-2H3,(H,23,25)(H,24,26)(H,27,31)(H,28,32)(H,29,33)(H,30,34). The molecule has 0 atom stereocenters. The van der Waals surface area contributed by atoms with Gasteiger partial charge in [0.1, 0.15) is 11.5 Å². The number of nitrogens with one attached hydrogen (secondary N) is 6. The number of methoxy groups -OCH3 is 2. The van der Waals surface area contributed by atoms with Crippen LogP contribution in [0.1, 0.15) is 0 Å². The predicted molar refractivity (Wildman–Crippen MR) is 139 cm³/mol. The molecule has 4 amide bonds. The van der Waals surface area contributed by atoms with E-state index in [1.165, 1.54) is 0 Å². The van der Waals surface area contributed by atoms with Crippen LogP contribution in [0.4, 0.5) is 0 Å². The van der Waals surface area contributed by atoms with Crippen LogP contribution < -0.4 is 31.2 Å². The number of rotatable bonds is 8. The molecule has 0 aliphatic heterocycles. The molecule has 0 aliphatic rings. The number of hydrazine groups is 2. The summed E-state index contributed by atoms with van der Waals surface area (Å²) >= 11 is 2.21. The zero-order valence-electron chi connectivity index (χ0n) is 20.0. The maximum atomic E-state index is 12.0. The molecule has 0 radical (unpaired) electrons. The van der Waals surface area contributed by atoms with Crippen molar-refractivity contribution in [1.29, 1.82) is 0 Å². The lowest BCUT2D eigenvalue weighted by atomic mass is 10.3. The number of fused-ring (bicyclic) bond motifs is 2. The van der Waals surface area contributed by atoms with Gasteiger partial charge in [-0.2, -0.15) is 0 Å². The van der Waals surface area contributed by atoms with Crippen molar-refractivity contribution in [3.8, 4) is 11.5 Å². The van der Waals surface area contributed by atoms with Crippen molar-refractivity contribution >= 4 is 69.2 Å². The van der Waals surface area contributed by atoms with E-state index in [1.807, 2.05) is 10.9 Å². The highest BCUT2D eigenvalue weighted by molar-refractivity contribution is 8.00. The molecule has 2 heterocycles. The molecule has 0 bridgehead atoms. The van der Waals surface area contributed by atoms with Crippen LogP contribution >= 0.6 is 23.5 Å². The summed E-state index contributed by atoms with van der Waals surface area (Å²) in [5, 5.41) is 0.992. The number of thioether (sulfide) groups is 2. The van der Waals surface area contributed by atoms with Crippen molar-refractivity contribution < 1.29 is 28.7 Å². The number of hydrogen-bond acceptors (Lipinski definition) is 10. The van der Waals surface area contributed by atoms with Crippen LogP contribution in [0.3, 0.4) is 0 Å². The van der Waals surface area contributed by atoms with Crippen LogP contribution in [0.2, 0.25) is 0 Å². The molecule has 0 fully saturated rings. The van der Waals surface area contributed by atoms with Crippen LogP contribution in [-0.4, -0.2) is 69.3 Å². The van der Waals surface area contributed by atoms with Crippen molar-refractivity contribution in [1.82, 2.24) is 41.6 Å². The van der Waals surface area contributed by atoms with Gasteiger partial charge in [0.2, 0.25) is 11.8 Å². The first-order chi connectivity index (χ1) is 18.3. The number of carbonyl (C=O) groups excluding carboxylic acids is 4. The number of imidazole rings is 2. The minimum absolute atomic E-state index is 0.0820. The van der Waals surface area contributed by atoms with Crippen molar-refractivity contribution in [2.24, 2.45) is 0 Å². The van der Waals surface area contributed by atoms with E-state index in [0.29, 0.717) is 32.8 Å². The molecule has 0 unspecified atom stereocenters. The molecule has 0 saturated heterocycles. The Labute approximate surface area is 223 Å². The third-order valence-corrected chi connectivity index (χ3v) is 6.60. The highest BCUT2D eigenvalue weighted by Crippen LogP contribution is 2.24. The molecule has 0 saturated carbocycles. The third kappa shape index (κ3) is 6.86. The number of ether oxygens (including phenoxy) is 2. The quantitative estimate of drug-likeness (QED) is 0.102. The van der Waals surface area contributed by atoms with Crippen molar-refractivity contribution in [2.45, 2.75) is 10.3 Å². The molecule has 16 heteroatoms. The van der Waals surface area contributed by atoms with Gasteiger partial charge in [-0.15, -0.1) is 0 Å². The Kier molecular flexibility index (Phi) is 8.55. The number of hydrogen-bond donors (Lipinski definition) is 6. The number of H-pyrrole nitrogens is 2. The van der Waals surface area contributed by atoms with E-state index in [9.17, 15) is 19.2 Å². The highest BCUT2D eigenvalue weighted by atomic mass is 32.2. The SMILES string of the molecule is COc1ccc2nc(SCC(=O)NNC(=O)C(=O)NNC(=O)CSc3nc4ccc(OC)cc4[nH]3)[nH]c2c1. The minimum atomic E-state index is -1.17. The van der Waals surface area contributed by atoms with Crippen LogP contribution in [-0.2, 0) is 19.2 Å². The van der Waals surface area contributed by atoms with Crippen LogP contribution in [0.15, 0.2) is 46.7 Å². The molecule has 2 aromatic heterocycles. The second-order valence-electron chi connectivity index (χ2n) is 7.43.